The molecule has 1 fully saturated rings. The lowest BCUT2D eigenvalue weighted by atomic mass is 10.2. The Balaban J connectivity index is 2.00. The van der Waals surface area contributed by atoms with Crippen molar-refractivity contribution >= 4 is 21.9 Å². The van der Waals surface area contributed by atoms with Crippen LogP contribution in [0.2, 0.25) is 0 Å². The number of hydrogen-bond acceptors (Lipinski definition) is 6. The van der Waals surface area contributed by atoms with Crippen molar-refractivity contribution in [2.24, 2.45) is 0 Å². The molecule has 0 amide bonds. The predicted octanol–water partition coefficient (Wildman–Crippen LogP) is 0.571. The average molecular weight is 330 g/mol. The van der Waals surface area contributed by atoms with Gasteiger partial charge in [0.25, 0.3) is 0 Å². The second kappa shape index (κ2) is 6.83. The molecule has 0 aliphatic carbocycles. The van der Waals surface area contributed by atoms with Crippen LogP contribution in [0.1, 0.15) is 10.5 Å². The van der Waals surface area contributed by atoms with Gasteiger partial charge in [-0.25, -0.2) is 9.78 Å². The number of rotatable bonds is 4. The molecule has 104 valence electrons. The van der Waals surface area contributed by atoms with Crippen LogP contribution in [0.15, 0.2) is 16.6 Å². The normalized spacial score (nSPS) is 18.9. The van der Waals surface area contributed by atoms with Crippen LogP contribution < -0.4 is 15.4 Å². The van der Waals surface area contributed by atoms with Crippen LogP contribution in [0.5, 0.6) is 5.88 Å². The zero-order chi connectivity index (χ0) is 13.7. The number of pyridine rings is 1. The van der Waals surface area contributed by atoms with Crippen molar-refractivity contribution in [1.29, 1.82) is 0 Å². The minimum absolute atomic E-state index is 0.232. The summed E-state index contributed by atoms with van der Waals surface area (Å²) in [5, 5.41) is 6.61. The molecule has 7 heteroatoms. The summed E-state index contributed by atoms with van der Waals surface area (Å²) >= 11 is 3.35. The lowest BCUT2D eigenvalue weighted by Crippen LogP contribution is -2.51. The largest absolute Gasteiger partial charge is 0.475 e. The molecule has 2 N–H and O–H groups in total. The van der Waals surface area contributed by atoms with Gasteiger partial charge in [0.05, 0.1) is 17.6 Å². The second-order valence-corrected chi connectivity index (χ2v) is 5.00. The van der Waals surface area contributed by atoms with E-state index in [1.165, 1.54) is 7.11 Å². The molecule has 1 aliphatic heterocycles. The number of ether oxygens (including phenoxy) is 2. The van der Waals surface area contributed by atoms with Crippen molar-refractivity contribution in [1.82, 2.24) is 15.6 Å². The molecule has 0 unspecified atom stereocenters. The third kappa shape index (κ3) is 3.89. The smallest absolute Gasteiger partial charge is 0.356 e. The van der Waals surface area contributed by atoms with Crippen LogP contribution in [0.4, 0.5) is 0 Å². The molecular weight excluding hydrogens is 314 g/mol. The maximum Gasteiger partial charge on any atom is 0.356 e. The monoisotopic (exact) mass is 329 g/mol. The quantitative estimate of drug-likeness (QED) is 0.787. The maximum absolute atomic E-state index is 11.4. The van der Waals surface area contributed by atoms with Crippen molar-refractivity contribution < 1.29 is 14.3 Å². The van der Waals surface area contributed by atoms with Crippen molar-refractivity contribution in [3.8, 4) is 5.88 Å². The van der Waals surface area contributed by atoms with Crippen LogP contribution in [0, 0.1) is 0 Å². The van der Waals surface area contributed by atoms with Crippen LogP contribution in [-0.4, -0.2) is 50.3 Å². The Hall–Kier alpha value is -1.18. The van der Waals surface area contributed by atoms with Gasteiger partial charge in [-0.3, -0.25) is 0 Å². The van der Waals surface area contributed by atoms with Crippen LogP contribution in [0.3, 0.4) is 0 Å². The SMILES string of the molecule is COC(=O)c1ccc(Br)c(OC[C@H]2CNCCN2)n1. The van der Waals surface area contributed by atoms with Gasteiger partial charge >= 0.3 is 5.97 Å². The summed E-state index contributed by atoms with van der Waals surface area (Å²) in [6.07, 6.45) is 0. The number of methoxy groups -OCH3 is 1. The van der Waals surface area contributed by atoms with Crippen LogP contribution >= 0.6 is 15.9 Å². The zero-order valence-electron chi connectivity index (χ0n) is 10.6. The van der Waals surface area contributed by atoms with E-state index in [2.05, 4.69) is 36.3 Å². The first-order valence-electron chi connectivity index (χ1n) is 6.02. The summed E-state index contributed by atoms with van der Waals surface area (Å²) in [5.74, 6) is -0.0786. The molecule has 1 atom stereocenters. The average Bonchev–Trinajstić information content (AvgIpc) is 2.46. The van der Waals surface area contributed by atoms with Gasteiger partial charge in [0.1, 0.15) is 6.61 Å². The number of carbonyl (C=O) groups excluding carboxylic acids is 1. The predicted molar refractivity (Wildman–Crippen MR) is 73.4 cm³/mol. The number of halogens is 1. The number of hydrogen-bond donors (Lipinski definition) is 2. The van der Waals surface area contributed by atoms with E-state index in [0.29, 0.717) is 17.0 Å². The molecule has 19 heavy (non-hydrogen) atoms. The molecule has 1 aliphatic rings. The molecule has 2 heterocycles. The Morgan fingerprint density at radius 2 is 2.37 bits per heavy atom. The zero-order valence-corrected chi connectivity index (χ0v) is 12.2. The highest BCUT2D eigenvalue weighted by Gasteiger charge is 2.15. The first-order chi connectivity index (χ1) is 9.20. The molecule has 0 bridgehead atoms. The molecular formula is C12H16BrN3O3. The Morgan fingerprint density at radius 3 is 3.05 bits per heavy atom. The fourth-order valence-corrected chi connectivity index (χ4v) is 2.09. The number of esters is 1. The topological polar surface area (TPSA) is 72.5 Å². The standard InChI is InChI=1S/C12H16BrN3O3/c1-18-12(17)10-3-2-9(13)11(16-10)19-7-8-6-14-4-5-15-8/h2-3,8,14-15H,4-7H2,1H3/t8-/m1/s1. The van der Waals surface area contributed by atoms with E-state index < -0.39 is 5.97 Å². The molecule has 0 spiro atoms. The first kappa shape index (κ1) is 14.2. The van der Waals surface area contributed by atoms with E-state index >= 15 is 0 Å². The van der Waals surface area contributed by atoms with E-state index in [0.717, 1.165) is 19.6 Å². The molecule has 0 radical (unpaired) electrons. The molecule has 1 aromatic rings. The Labute approximate surface area is 120 Å². The van der Waals surface area contributed by atoms with Crippen molar-refractivity contribution in [3.05, 3.63) is 22.3 Å². The van der Waals surface area contributed by atoms with Crippen molar-refractivity contribution in [3.63, 3.8) is 0 Å². The molecule has 0 aromatic carbocycles. The third-order valence-electron chi connectivity index (χ3n) is 2.76. The van der Waals surface area contributed by atoms with E-state index in [9.17, 15) is 4.79 Å². The number of nitrogens with one attached hydrogen (secondary N) is 2. The molecule has 6 nitrogen and oxygen atoms in total. The van der Waals surface area contributed by atoms with Gasteiger partial charge in [0.2, 0.25) is 5.88 Å². The highest BCUT2D eigenvalue weighted by molar-refractivity contribution is 9.10. The summed E-state index contributed by atoms with van der Waals surface area (Å²) in [6.45, 7) is 3.23. The third-order valence-corrected chi connectivity index (χ3v) is 3.36. The maximum atomic E-state index is 11.4. The molecule has 0 saturated carbocycles. The molecule has 1 saturated heterocycles. The lowest BCUT2D eigenvalue weighted by molar-refractivity contribution is 0.0592. The fraction of sp³-hybridized carbons (Fsp3) is 0.500. The number of aromatic nitrogens is 1. The van der Waals surface area contributed by atoms with Gasteiger partial charge in [-0.05, 0) is 28.1 Å². The highest BCUT2D eigenvalue weighted by Crippen LogP contribution is 2.23. The van der Waals surface area contributed by atoms with Gasteiger partial charge in [-0.1, -0.05) is 0 Å². The van der Waals surface area contributed by atoms with E-state index in [1.54, 1.807) is 12.1 Å². The van der Waals surface area contributed by atoms with Gasteiger partial charge in [-0.15, -0.1) is 0 Å². The summed E-state index contributed by atoms with van der Waals surface area (Å²) in [4.78, 5) is 15.5. The van der Waals surface area contributed by atoms with Gasteiger partial charge in [-0.2, -0.15) is 0 Å². The van der Waals surface area contributed by atoms with Crippen LogP contribution in [0.25, 0.3) is 0 Å². The number of nitrogens with zero attached hydrogens (tertiary/aromatic N) is 1. The van der Waals surface area contributed by atoms with E-state index in [4.69, 9.17) is 4.74 Å². The minimum atomic E-state index is -0.477. The fourth-order valence-electron chi connectivity index (χ4n) is 1.75. The Morgan fingerprint density at radius 1 is 1.53 bits per heavy atom. The lowest BCUT2D eigenvalue weighted by Gasteiger charge is -2.24. The number of piperazine rings is 1. The minimum Gasteiger partial charge on any atom is -0.475 e. The van der Waals surface area contributed by atoms with E-state index in [-0.39, 0.29) is 11.7 Å². The van der Waals surface area contributed by atoms with Crippen LogP contribution in [-0.2, 0) is 4.74 Å². The highest BCUT2D eigenvalue weighted by atomic mass is 79.9. The van der Waals surface area contributed by atoms with Gasteiger partial charge in [0, 0.05) is 19.6 Å². The summed E-state index contributed by atoms with van der Waals surface area (Å²) < 4.78 is 11.0. The second-order valence-electron chi connectivity index (χ2n) is 4.14. The molecule has 1 aromatic heterocycles. The summed E-state index contributed by atoms with van der Waals surface area (Å²) in [5.41, 5.74) is 0.232. The molecule has 2 rings (SSSR count). The van der Waals surface area contributed by atoms with Gasteiger partial charge in [0.15, 0.2) is 5.69 Å². The van der Waals surface area contributed by atoms with Gasteiger partial charge < -0.3 is 20.1 Å². The Bertz CT molecular complexity index is 450. The summed E-state index contributed by atoms with van der Waals surface area (Å²) in [6, 6.07) is 3.55. The van der Waals surface area contributed by atoms with Crippen molar-refractivity contribution in [2.75, 3.05) is 33.4 Å². The Kier molecular flexibility index (Phi) is 5.12. The van der Waals surface area contributed by atoms with E-state index in [1.807, 2.05) is 0 Å². The number of carbonyl (C=O) groups is 1. The van der Waals surface area contributed by atoms with Crippen molar-refractivity contribution in [2.45, 2.75) is 6.04 Å². The summed E-state index contributed by atoms with van der Waals surface area (Å²) in [7, 11) is 1.32. The first-order valence-corrected chi connectivity index (χ1v) is 6.82.